The third-order valence-corrected chi connectivity index (χ3v) is 4.29. The van der Waals surface area contributed by atoms with Crippen LogP contribution in [0.3, 0.4) is 0 Å². The van der Waals surface area contributed by atoms with Crippen molar-refractivity contribution in [1.29, 1.82) is 0 Å². The first-order chi connectivity index (χ1) is 9.84. The van der Waals surface area contributed by atoms with Crippen LogP contribution in [0.4, 0.5) is 18.9 Å². The van der Waals surface area contributed by atoms with Gasteiger partial charge in [0.15, 0.2) is 0 Å². The van der Waals surface area contributed by atoms with Crippen molar-refractivity contribution in [3.8, 4) is 0 Å². The van der Waals surface area contributed by atoms with Crippen molar-refractivity contribution in [2.75, 3.05) is 23.4 Å². The first-order valence-corrected chi connectivity index (χ1v) is 7.86. The van der Waals surface area contributed by atoms with Crippen LogP contribution < -0.4 is 10.6 Å². The number of halogens is 4. The molecule has 1 atom stereocenters. The molecule has 0 aromatic heterocycles. The number of alkyl halides is 3. The van der Waals surface area contributed by atoms with Crippen LogP contribution in [0.1, 0.15) is 12.0 Å². The summed E-state index contributed by atoms with van der Waals surface area (Å²) >= 11 is 7.41. The molecule has 21 heavy (non-hydrogen) atoms. The lowest BCUT2D eigenvalue weighted by molar-refractivity contribution is -0.137. The number of carbonyl (C=O) groups excluding carboxylic acids is 1. The molecule has 1 unspecified atom stereocenters. The van der Waals surface area contributed by atoms with Gasteiger partial charge >= 0.3 is 6.18 Å². The minimum Gasteiger partial charge on any atom is -0.326 e. The number of benzene rings is 1. The van der Waals surface area contributed by atoms with Crippen LogP contribution in [-0.4, -0.2) is 30.0 Å². The fourth-order valence-electron chi connectivity index (χ4n) is 2.01. The predicted octanol–water partition coefficient (Wildman–Crippen LogP) is 3.39. The van der Waals surface area contributed by atoms with Gasteiger partial charge in [0.05, 0.1) is 5.56 Å². The molecular formula is C13H14ClF3N2OS. The fourth-order valence-corrected chi connectivity index (χ4v) is 3.20. The fraction of sp³-hybridized carbons (Fsp3) is 0.462. The largest absolute Gasteiger partial charge is 0.416 e. The molecule has 0 bridgehead atoms. The topological polar surface area (TPSA) is 41.1 Å². The summed E-state index contributed by atoms with van der Waals surface area (Å²) in [6, 6.07) is 3.06. The van der Waals surface area contributed by atoms with Gasteiger partial charge in [-0.3, -0.25) is 4.79 Å². The van der Waals surface area contributed by atoms with E-state index in [1.54, 1.807) is 11.8 Å². The van der Waals surface area contributed by atoms with Crippen molar-refractivity contribution in [2.24, 2.45) is 0 Å². The number of rotatable bonds is 3. The first kappa shape index (κ1) is 16.5. The van der Waals surface area contributed by atoms with Crippen LogP contribution in [-0.2, 0) is 11.0 Å². The molecule has 0 spiro atoms. The Bertz CT molecular complexity index is 519. The second kappa shape index (κ2) is 6.89. The van der Waals surface area contributed by atoms with Crippen molar-refractivity contribution in [3.63, 3.8) is 0 Å². The van der Waals surface area contributed by atoms with Gasteiger partial charge in [-0.25, -0.2) is 0 Å². The lowest BCUT2D eigenvalue weighted by Crippen LogP contribution is -2.39. The Morgan fingerprint density at radius 3 is 2.81 bits per heavy atom. The van der Waals surface area contributed by atoms with Crippen LogP contribution in [0.25, 0.3) is 0 Å². The maximum atomic E-state index is 12.7. The summed E-state index contributed by atoms with van der Waals surface area (Å²) in [5.74, 6) is 1.49. The quantitative estimate of drug-likeness (QED) is 0.887. The summed E-state index contributed by atoms with van der Waals surface area (Å²) in [4.78, 5) is 11.9. The highest BCUT2D eigenvalue weighted by molar-refractivity contribution is 7.99. The lowest BCUT2D eigenvalue weighted by Gasteiger charge is -2.22. The molecule has 116 valence electrons. The van der Waals surface area contributed by atoms with E-state index in [1.165, 1.54) is 6.07 Å². The molecular weight excluding hydrogens is 325 g/mol. The molecule has 1 saturated heterocycles. The number of anilines is 1. The number of amides is 1. The molecule has 2 N–H and O–H groups in total. The predicted molar refractivity (Wildman–Crippen MR) is 78.8 cm³/mol. The molecule has 1 aromatic carbocycles. The van der Waals surface area contributed by atoms with E-state index in [2.05, 4.69) is 10.6 Å². The van der Waals surface area contributed by atoms with Crippen molar-refractivity contribution in [2.45, 2.75) is 18.6 Å². The summed E-state index contributed by atoms with van der Waals surface area (Å²) < 4.78 is 38.0. The molecule has 1 aliphatic rings. The minimum atomic E-state index is -4.49. The average Bonchev–Trinajstić information content (AvgIpc) is 2.37. The van der Waals surface area contributed by atoms with Crippen molar-refractivity contribution >= 4 is 35.0 Å². The van der Waals surface area contributed by atoms with E-state index >= 15 is 0 Å². The third kappa shape index (κ3) is 5.09. The van der Waals surface area contributed by atoms with Crippen molar-refractivity contribution < 1.29 is 18.0 Å². The van der Waals surface area contributed by atoms with E-state index < -0.39 is 11.7 Å². The van der Waals surface area contributed by atoms with Gasteiger partial charge in [0.1, 0.15) is 0 Å². The summed E-state index contributed by atoms with van der Waals surface area (Å²) in [7, 11) is 0. The zero-order chi connectivity index (χ0) is 15.5. The summed E-state index contributed by atoms with van der Waals surface area (Å²) in [5, 5.41) is 5.60. The number of nitrogens with one attached hydrogen (secondary N) is 2. The third-order valence-electron chi connectivity index (χ3n) is 2.94. The van der Waals surface area contributed by atoms with Gasteiger partial charge < -0.3 is 10.6 Å². The highest BCUT2D eigenvalue weighted by Crippen LogP contribution is 2.33. The zero-order valence-corrected chi connectivity index (χ0v) is 12.5. The lowest BCUT2D eigenvalue weighted by atomic mass is 10.1. The van der Waals surface area contributed by atoms with Crippen LogP contribution in [0.2, 0.25) is 5.02 Å². The maximum absolute atomic E-state index is 12.7. The van der Waals surface area contributed by atoms with Crippen molar-refractivity contribution in [1.82, 2.24) is 5.32 Å². The highest BCUT2D eigenvalue weighted by Gasteiger charge is 2.31. The molecule has 2 rings (SSSR count). The average molecular weight is 339 g/mol. The van der Waals surface area contributed by atoms with Crippen LogP contribution in [0.15, 0.2) is 18.2 Å². The van der Waals surface area contributed by atoms with E-state index in [4.69, 9.17) is 11.6 Å². The zero-order valence-electron chi connectivity index (χ0n) is 11.0. The monoisotopic (exact) mass is 338 g/mol. The normalized spacial score (nSPS) is 19.3. The molecule has 1 aromatic rings. The Balaban J connectivity index is 2.01. The molecule has 0 radical (unpaired) electrons. The van der Waals surface area contributed by atoms with E-state index in [1.807, 2.05) is 0 Å². The number of hydrogen-bond donors (Lipinski definition) is 2. The summed E-state index contributed by atoms with van der Waals surface area (Å²) in [5.41, 5.74) is -0.820. The van der Waals surface area contributed by atoms with Crippen LogP contribution in [0, 0.1) is 0 Å². The van der Waals surface area contributed by atoms with Gasteiger partial charge in [-0.1, -0.05) is 11.6 Å². The van der Waals surface area contributed by atoms with E-state index in [0.717, 1.165) is 30.2 Å². The maximum Gasteiger partial charge on any atom is 0.416 e. The van der Waals surface area contributed by atoms with Gasteiger partial charge in [-0.05, 0) is 18.2 Å². The standard InChI is InChI=1S/C13H14ClF3N2OS/c14-9-3-8(13(15,16)17)4-10(5-9)19-12(20)6-11-7-21-2-1-18-11/h3-5,11,18H,1-2,6-7H2,(H,19,20). The van der Waals surface area contributed by atoms with Gasteiger partial charge in [0.25, 0.3) is 0 Å². The minimum absolute atomic E-state index is 0.0463. The summed E-state index contributed by atoms with van der Waals surface area (Å²) in [6.07, 6.45) is -4.27. The molecule has 8 heteroatoms. The Labute approximate surface area is 129 Å². The second-order valence-electron chi connectivity index (χ2n) is 4.70. The van der Waals surface area contributed by atoms with Gasteiger partial charge in [-0.15, -0.1) is 0 Å². The molecule has 1 heterocycles. The molecule has 1 aliphatic heterocycles. The van der Waals surface area contributed by atoms with Gasteiger partial charge in [-0.2, -0.15) is 24.9 Å². The molecule has 1 amide bonds. The van der Waals surface area contributed by atoms with Crippen LogP contribution >= 0.6 is 23.4 Å². The Morgan fingerprint density at radius 2 is 2.19 bits per heavy atom. The van der Waals surface area contributed by atoms with Crippen LogP contribution in [0.5, 0.6) is 0 Å². The second-order valence-corrected chi connectivity index (χ2v) is 6.29. The van der Waals surface area contributed by atoms with Crippen molar-refractivity contribution in [3.05, 3.63) is 28.8 Å². The van der Waals surface area contributed by atoms with E-state index in [0.29, 0.717) is 0 Å². The number of thioether (sulfide) groups is 1. The number of hydrogen-bond acceptors (Lipinski definition) is 3. The first-order valence-electron chi connectivity index (χ1n) is 6.33. The Kier molecular flexibility index (Phi) is 5.40. The highest BCUT2D eigenvalue weighted by atomic mass is 35.5. The molecule has 1 fully saturated rings. The Hall–Kier alpha value is -0.920. The number of carbonyl (C=O) groups is 1. The van der Waals surface area contributed by atoms with Gasteiger partial charge in [0, 0.05) is 41.2 Å². The van der Waals surface area contributed by atoms with Gasteiger partial charge in [0.2, 0.25) is 5.91 Å². The smallest absolute Gasteiger partial charge is 0.326 e. The summed E-state index contributed by atoms with van der Waals surface area (Å²) in [6.45, 7) is 0.831. The van der Waals surface area contributed by atoms with E-state index in [9.17, 15) is 18.0 Å². The molecule has 3 nitrogen and oxygen atoms in total. The molecule has 0 aliphatic carbocycles. The molecule has 0 saturated carbocycles. The SMILES string of the molecule is O=C(CC1CSCCN1)Nc1cc(Cl)cc(C(F)(F)F)c1. The van der Waals surface area contributed by atoms with E-state index in [-0.39, 0.29) is 29.1 Å². The Morgan fingerprint density at radius 1 is 1.43 bits per heavy atom.